The zero-order valence-electron chi connectivity index (χ0n) is 13.4. The number of likely N-dealkylation sites (N-methyl/N-ethyl adjacent to an activating group) is 2. The summed E-state index contributed by atoms with van der Waals surface area (Å²) in [6, 6.07) is 6.12. The smallest absolute Gasteiger partial charge is 0.0640 e. The van der Waals surface area contributed by atoms with E-state index < -0.39 is 0 Å². The van der Waals surface area contributed by atoms with E-state index in [1.54, 1.807) is 0 Å². The third-order valence-corrected chi connectivity index (χ3v) is 5.98. The molecule has 0 saturated heterocycles. The van der Waals surface area contributed by atoms with Crippen molar-refractivity contribution in [3.63, 3.8) is 0 Å². The Balaban J connectivity index is 2.43. The molecular formula is C17H26Cl2N2. The molecule has 0 heterocycles. The van der Waals surface area contributed by atoms with Crippen molar-refractivity contribution >= 4 is 23.2 Å². The van der Waals surface area contributed by atoms with E-state index in [9.17, 15) is 0 Å². The van der Waals surface area contributed by atoms with Crippen molar-refractivity contribution in [2.75, 3.05) is 21.1 Å². The molecule has 1 aromatic rings. The van der Waals surface area contributed by atoms with Crippen LogP contribution in [0.3, 0.4) is 0 Å². The average molecular weight is 329 g/mol. The first-order valence-electron chi connectivity index (χ1n) is 7.71. The number of hydrogen-bond donors (Lipinski definition) is 1. The Labute approximate surface area is 138 Å². The minimum atomic E-state index is 0.0928. The van der Waals surface area contributed by atoms with Gasteiger partial charge in [-0.05, 0) is 64.4 Å². The summed E-state index contributed by atoms with van der Waals surface area (Å²) < 4.78 is 0. The largest absolute Gasteiger partial charge is 0.311 e. The van der Waals surface area contributed by atoms with Gasteiger partial charge in [0.2, 0.25) is 0 Å². The van der Waals surface area contributed by atoms with Crippen LogP contribution < -0.4 is 5.32 Å². The van der Waals surface area contributed by atoms with Gasteiger partial charge in [-0.1, -0.05) is 42.3 Å². The standard InChI is InChI=1S/C17H26Cl2N2/c1-12-8-10-17(11-9-12,21(3)4)16(20-2)13-6-5-7-14(18)15(13)19/h5-7,12,16,20H,8-11H2,1-4H3. The maximum Gasteiger partial charge on any atom is 0.0640 e. The zero-order chi connectivity index (χ0) is 15.6. The molecule has 2 rings (SSSR count). The second-order valence-corrected chi connectivity index (χ2v) is 7.33. The van der Waals surface area contributed by atoms with E-state index in [0.29, 0.717) is 10.0 Å². The molecule has 1 aromatic carbocycles. The van der Waals surface area contributed by atoms with Gasteiger partial charge in [-0.3, -0.25) is 0 Å². The van der Waals surface area contributed by atoms with Crippen LogP contribution in [0.1, 0.15) is 44.2 Å². The summed E-state index contributed by atoms with van der Waals surface area (Å²) in [5.74, 6) is 0.811. The van der Waals surface area contributed by atoms with E-state index in [2.05, 4.69) is 37.3 Å². The van der Waals surface area contributed by atoms with Gasteiger partial charge in [-0.25, -0.2) is 0 Å². The first-order chi connectivity index (χ1) is 9.92. The van der Waals surface area contributed by atoms with Crippen LogP contribution >= 0.6 is 23.2 Å². The lowest BCUT2D eigenvalue weighted by molar-refractivity contribution is 0.0456. The van der Waals surface area contributed by atoms with Gasteiger partial charge >= 0.3 is 0 Å². The van der Waals surface area contributed by atoms with Gasteiger partial charge in [0.25, 0.3) is 0 Å². The highest BCUT2D eigenvalue weighted by atomic mass is 35.5. The van der Waals surface area contributed by atoms with Crippen LogP contribution in [0.4, 0.5) is 0 Å². The summed E-state index contributed by atoms with van der Waals surface area (Å²) in [5.41, 5.74) is 1.20. The van der Waals surface area contributed by atoms with E-state index >= 15 is 0 Å². The molecule has 0 spiro atoms. The van der Waals surface area contributed by atoms with Crippen LogP contribution in [0.25, 0.3) is 0 Å². The van der Waals surface area contributed by atoms with Gasteiger partial charge in [-0.15, -0.1) is 0 Å². The molecule has 2 nitrogen and oxygen atoms in total. The first kappa shape index (κ1) is 17.1. The molecular weight excluding hydrogens is 303 g/mol. The predicted octanol–water partition coefficient (Wildman–Crippen LogP) is 4.76. The molecule has 1 N–H and O–H groups in total. The van der Waals surface area contributed by atoms with Crippen LogP contribution in [0.5, 0.6) is 0 Å². The molecule has 4 heteroatoms. The number of nitrogens with one attached hydrogen (secondary N) is 1. The maximum atomic E-state index is 6.49. The monoisotopic (exact) mass is 328 g/mol. The molecule has 1 aliphatic rings. The SMILES string of the molecule is CNC(c1cccc(Cl)c1Cl)C1(N(C)C)CCC(C)CC1. The average Bonchev–Trinajstić information content (AvgIpc) is 2.46. The van der Waals surface area contributed by atoms with Gasteiger partial charge in [0.1, 0.15) is 0 Å². The highest BCUT2D eigenvalue weighted by Gasteiger charge is 2.43. The van der Waals surface area contributed by atoms with Gasteiger partial charge in [0, 0.05) is 5.54 Å². The van der Waals surface area contributed by atoms with Crippen molar-refractivity contribution in [3.05, 3.63) is 33.8 Å². The van der Waals surface area contributed by atoms with Crippen molar-refractivity contribution in [1.29, 1.82) is 0 Å². The second-order valence-electron chi connectivity index (χ2n) is 6.55. The van der Waals surface area contributed by atoms with Crippen LogP contribution in [-0.2, 0) is 0 Å². The molecule has 1 aliphatic carbocycles. The lowest BCUT2D eigenvalue weighted by atomic mass is 9.70. The summed E-state index contributed by atoms with van der Waals surface area (Å²) in [7, 11) is 6.38. The minimum Gasteiger partial charge on any atom is -0.311 e. The maximum absolute atomic E-state index is 6.49. The predicted molar refractivity (Wildman–Crippen MR) is 92.3 cm³/mol. The molecule has 0 bridgehead atoms. The van der Waals surface area contributed by atoms with Gasteiger partial charge in [0.05, 0.1) is 16.1 Å². The lowest BCUT2D eigenvalue weighted by Crippen LogP contribution is -2.55. The zero-order valence-corrected chi connectivity index (χ0v) is 14.9. The summed E-state index contributed by atoms with van der Waals surface area (Å²) in [5, 5.41) is 4.82. The summed E-state index contributed by atoms with van der Waals surface area (Å²) in [6.45, 7) is 2.35. The number of rotatable bonds is 4. The summed E-state index contributed by atoms with van der Waals surface area (Å²) >= 11 is 12.7. The summed E-state index contributed by atoms with van der Waals surface area (Å²) in [4.78, 5) is 2.37. The van der Waals surface area contributed by atoms with Crippen molar-refractivity contribution in [2.45, 2.75) is 44.2 Å². The fourth-order valence-corrected chi connectivity index (χ4v) is 4.13. The molecule has 0 amide bonds. The van der Waals surface area contributed by atoms with Crippen molar-refractivity contribution in [1.82, 2.24) is 10.2 Å². The fraction of sp³-hybridized carbons (Fsp3) is 0.647. The Morgan fingerprint density at radius 2 is 1.86 bits per heavy atom. The van der Waals surface area contributed by atoms with E-state index in [1.165, 1.54) is 25.7 Å². The van der Waals surface area contributed by atoms with Gasteiger partial charge in [0.15, 0.2) is 0 Å². The van der Waals surface area contributed by atoms with E-state index in [0.717, 1.165) is 11.5 Å². The Hall–Kier alpha value is -0.280. The third kappa shape index (κ3) is 3.24. The first-order valence-corrected chi connectivity index (χ1v) is 8.46. The van der Waals surface area contributed by atoms with Crippen molar-refractivity contribution < 1.29 is 0 Å². The van der Waals surface area contributed by atoms with Gasteiger partial charge in [-0.2, -0.15) is 0 Å². The van der Waals surface area contributed by atoms with E-state index in [-0.39, 0.29) is 11.6 Å². The molecule has 1 atom stereocenters. The highest BCUT2D eigenvalue weighted by molar-refractivity contribution is 6.42. The van der Waals surface area contributed by atoms with Crippen LogP contribution in [0.15, 0.2) is 18.2 Å². The normalized spacial score (nSPS) is 27.9. The number of hydrogen-bond acceptors (Lipinski definition) is 2. The van der Waals surface area contributed by atoms with E-state index in [4.69, 9.17) is 23.2 Å². The van der Waals surface area contributed by atoms with Crippen LogP contribution in [-0.4, -0.2) is 31.6 Å². The topological polar surface area (TPSA) is 15.3 Å². The Kier molecular flexibility index (Phi) is 5.59. The van der Waals surface area contributed by atoms with Crippen molar-refractivity contribution in [2.24, 2.45) is 5.92 Å². The molecule has 21 heavy (non-hydrogen) atoms. The van der Waals surface area contributed by atoms with Crippen molar-refractivity contribution in [3.8, 4) is 0 Å². The molecule has 1 fully saturated rings. The molecule has 0 aromatic heterocycles. The number of benzene rings is 1. The Morgan fingerprint density at radius 3 is 2.38 bits per heavy atom. The quantitative estimate of drug-likeness (QED) is 0.856. The Morgan fingerprint density at radius 1 is 1.24 bits per heavy atom. The third-order valence-electron chi connectivity index (χ3n) is 5.15. The van der Waals surface area contributed by atoms with Gasteiger partial charge < -0.3 is 10.2 Å². The molecule has 0 radical (unpaired) electrons. The Bertz CT molecular complexity index is 480. The molecule has 1 saturated carbocycles. The number of halogens is 2. The fourth-order valence-electron chi connectivity index (χ4n) is 3.71. The van der Waals surface area contributed by atoms with Crippen LogP contribution in [0.2, 0.25) is 10.0 Å². The minimum absolute atomic E-state index is 0.0928. The van der Waals surface area contributed by atoms with E-state index in [1.807, 2.05) is 19.2 Å². The van der Waals surface area contributed by atoms with Crippen LogP contribution in [0, 0.1) is 5.92 Å². The lowest BCUT2D eigenvalue weighted by Gasteiger charge is -2.50. The highest BCUT2D eigenvalue weighted by Crippen LogP contribution is 2.45. The summed E-state index contributed by atoms with van der Waals surface area (Å²) in [6.07, 6.45) is 4.87. The second kappa shape index (κ2) is 6.87. The molecule has 118 valence electrons. The molecule has 0 aliphatic heterocycles. The number of nitrogens with zero attached hydrogens (tertiary/aromatic N) is 1. The molecule has 1 unspecified atom stereocenters.